The van der Waals surface area contributed by atoms with Gasteiger partial charge in [0.05, 0.1) is 6.04 Å². The molecule has 4 nitrogen and oxygen atoms in total. The van der Waals surface area contributed by atoms with Gasteiger partial charge in [-0.2, -0.15) is 0 Å². The van der Waals surface area contributed by atoms with Crippen LogP contribution in [0.3, 0.4) is 0 Å². The van der Waals surface area contributed by atoms with Gasteiger partial charge in [0.15, 0.2) is 0 Å². The largest absolute Gasteiger partial charge is 0.340 e. The standard InChI is InChI=1S/C22H24N2O2/c25-16-19-15-20(19)22(26)24-13-11-23(12-14-24)21(17-7-3-1-4-8-17)18-9-5-2-6-10-18/h1-10,16,19-21H,11-15H2/t19-,20+/m1/s1. The van der Waals surface area contributed by atoms with Crippen molar-refractivity contribution in [3.05, 3.63) is 71.8 Å². The first-order chi connectivity index (χ1) is 12.8. The quantitative estimate of drug-likeness (QED) is 0.780. The molecule has 1 aliphatic heterocycles. The summed E-state index contributed by atoms with van der Waals surface area (Å²) in [7, 11) is 0. The van der Waals surface area contributed by atoms with Crippen molar-refractivity contribution in [1.82, 2.24) is 9.80 Å². The molecule has 0 N–H and O–H groups in total. The Labute approximate surface area is 154 Å². The second kappa shape index (κ2) is 7.42. The molecule has 0 radical (unpaired) electrons. The van der Waals surface area contributed by atoms with Gasteiger partial charge in [-0.1, -0.05) is 60.7 Å². The van der Waals surface area contributed by atoms with Crippen molar-refractivity contribution < 1.29 is 9.59 Å². The molecule has 0 spiro atoms. The Hall–Kier alpha value is -2.46. The van der Waals surface area contributed by atoms with E-state index in [-0.39, 0.29) is 23.8 Å². The summed E-state index contributed by atoms with van der Waals surface area (Å²) in [5.41, 5.74) is 2.56. The van der Waals surface area contributed by atoms with E-state index < -0.39 is 0 Å². The van der Waals surface area contributed by atoms with E-state index in [0.29, 0.717) is 0 Å². The fraction of sp³-hybridized carbons (Fsp3) is 0.364. The molecule has 1 heterocycles. The van der Waals surface area contributed by atoms with Crippen LogP contribution in [0.5, 0.6) is 0 Å². The first kappa shape index (κ1) is 17.0. The van der Waals surface area contributed by atoms with Crippen LogP contribution in [0.4, 0.5) is 0 Å². The van der Waals surface area contributed by atoms with Crippen LogP contribution in [0.2, 0.25) is 0 Å². The van der Waals surface area contributed by atoms with Gasteiger partial charge in [-0.05, 0) is 17.5 Å². The van der Waals surface area contributed by atoms with Gasteiger partial charge in [0, 0.05) is 38.0 Å². The third-order valence-electron chi connectivity index (χ3n) is 5.55. The van der Waals surface area contributed by atoms with Crippen LogP contribution < -0.4 is 0 Å². The lowest BCUT2D eigenvalue weighted by molar-refractivity contribution is -0.135. The SMILES string of the molecule is O=C[C@H]1C[C@@H]1C(=O)N1CCN(C(c2ccccc2)c2ccccc2)CC1. The monoisotopic (exact) mass is 348 g/mol. The Morgan fingerprint density at radius 1 is 0.885 bits per heavy atom. The predicted molar refractivity (Wildman–Crippen MR) is 101 cm³/mol. The normalized spacial score (nSPS) is 23.0. The molecule has 1 aliphatic carbocycles. The average Bonchev–Trinajstić information content (AvgIpc) is 3.50. The molecule has 1 saturated carbocycles. The summed E-state index contributed by atoms with van der Waals surface area (Å²) in [6.45, 7) is 3.16. The van der Waals surface area contributed by atoms with E-state index in [1.54, 1.807) is 0 Å². The van der Waals surface area contributed by atoms with Gasteiger partial charge in [0.1, 0.15) is 6.29 Å². The summed E-state index contributed by atoms with van der Waals surface area (Å²) < 4.78 is 0. The van der Waals surface area contributed by atoms with E-state index >= 15 is 0 Å². The van der Waals surface area contributed by atoms with Gasteiger partial charge >= 0.3 is 0 Å². The number of hydrogen-bond acceptors (Lipinski definition) is 3. The molecule has 26 heavy (non-hydrogen) atoms. The molecule has 1 amide bonds. The Morgan fingerprint density at radius 2 is 1.42 bits per heavy atom. The fourth-order valence-corrected chi connectivity index (χ4v) is 3.97. The molecule has 0 bridgehead atoms. The molecular formula is C22H24N2O2. The van der Waals surface area contributed by atoms with Crippen LogP contribution in [0, 0.1) is 11.8 Å². The van der Waals surface area contributed by atoms with Crippen LogP contribution in [0.1, 0.15) is 23.6 Å². The molecule has 0 aromatic heterocycles. The van der Waals surface area contributed by atoms with Gasteiger partial charge in [0.25, 0.3) is 0 Å². The molecule has 4 heteroatoms. The van der Waals surface area contributed by atoms with Crippen molar-refractivity contribution in [2.45, 2.75) is 12.5 Å². The van der Waals surface area contributed by atoms with Crippen molar-refractivity contribution in [3.63, 3.8) is 0 Å². The molecule has 134 valence electrons. The van der Waals surface area contributed by atoms with Gasteiger partial charge in [-0.15, -0.1) is 0 Å². The highest BCUT2D eigenvalue weighted by Gasteiger charge is 2.45. The minimum atomic E-state index is -0.0573. The zero-order valence-corrected chi connectivity index (χ0v) is 14.8. The zero-order chi connectivity index (χ0) is 17.9. The topological polar surface area (TPSA) is 40.6 Å². The van der Waals surface area contributed by atoms with E-state index in [2.05, 4.69) is 53.4 Å². The van der Waals surface area contributed by atoms with Crippen molar-refractivity contribution in [2.75, 3.05) is 26.2 Å². The Balaban J connectivity index is 1.48. The number of benzene rings is 2. The van der Waals surface area contributed by atoms with E-state index in [9.17, 15) is 9.59 Å². The second-order valence-corrected chi connectivity index (χ2v) is 7.23. The average molecular weight is 348 g/mol. The lowest BCUT2D eigenvalue weighted by Gasteiger charge is -2.40. The number of nitrogens with zero attached hydrogens (tertiary/aromatic N) is 2. The maximum atomic E-state index is 12.5. The smallest absolute Gasteiger partial charge is 0.226 e. The number of hydrogen-bond donors (Lipinski definition) is 0. The molecule has 0 unspecified atom stereocenters. The number of carbonyl (C=O) groups is 2. The Kier molecular flexibility index (Phi) is 4.85. The summed E-state index contributed by atoms with van der Waals surface area (Å²) >= 11 is 0. The molecule has 2 fully saturated rings. The van der Waals surface area contributed by atoms with Crippen molar-refractivity contribution >= 4 is 12.2 Å². The van der Waals surface area contributed by atoms with Crippen molar-refractivity contribution in [1.29, 1.82) is 0 Å². The van der Waals surface area contributed by atoms with E-state index in [1.807, 2.05) is 17.0 Å². The van der Waals surface area contributed by atoms with Crippen LogP contribution in [-0.2, 0) is 9.59 Å². The number of piperazine rings is 1. The summed E-state index contributed by atoms with van der Waals surface area (Å²) in [5.74, 6) is 0.0673. The molecule has 4 rings (SSSR count). The fourth-order valence-electron chi connectivity index (χ4n) is 3.97. The molecule has 2 aromatic carbocycles. The summed E-state index contributed by atoms with van der Waals surface area (Å²) in [5, 5.41) is 0. The van der Waals surface area contributed by atoms with Crippen LogP contribution in [0.25, 0.3) is 0 Å². The van der Waals surface area contributed by atoms with Gasteiger partial charge < -0.3 is 9.69 Å². The molecule has 1 saturated heterocycles. The Bertz CT molecular complexity index is 715. The van der Waals surface area contributed by atoms with E-state index in [1.165, 1.54) is 11.1 Å². The molecule has 2 aromatic rings. The maximum absolute atomic E-state index is 12.5. The minimum Gasteiger partial charge on any atom is -0.340 e. The third kappa shape index (κ3) is 3.42. The number of rotatable bonds is 5. The van der Waals surface area contributed by atoms with E-state index in [0.717, 1.165) is 38.9 Å². The van der Waals surface area contributed by atoms with Crippen molar-refractivity contribution in [2.24, 2.45) is 11.8 Å². The van der Waals surface area contributed by atoms with Crippen molar-refractivity contribution in [3.8, 4) is 0 Å². The number of aldehydes is 1. The Morgan fingerprint density at radius 3 is 1.88 bits per heavy atom. The highest BCUT2D eigenvalue weighted by atomic mass is 16.2. The van der Waals surface area contributed by atoms with Crippen LogP contribution >= 0.6 is 0 Å². The molecule has 2 atom stereocenters. The molecule has 2 aliphatic rings. The molecular weight excluding hydrogens is 324 g/mol. The minimum absolute atomic E-state index is 0.0399. The van der Waals surface area contributed by atoms with Crippen LogP contribution in [-0.4, -0.2) is 48.2 Å². The summed E-state index contributed by atoms with van der Waals surface area (Å²) in [4.78, 5) is 27.7. The van der Waals surface area contributed by atoms with Gasteiger partial charge in [-0.25, -0.2) is 0 Å². The zero-order valence-electron chi connectivity index (χ0n) is 14.8. The third-order valence-corrected chi connectivity index (χ3v) is 5.55. The first-order valence-electron chi connectivity index (χ1n) is 9.36. The van der Waals surface area contributed by atoms with Gasteiger partial charge in [0.2, 0.25) is 5.91 Å². The summed E-state index contributed by atoms with van der Waals surface area (Å²) in [6.07, 6.45) is 1.67. The highest BCUT2D eigenvalue weighted by Crippen LogP contribution is 2.38. The van der Waals surface area contributed by atoms with Crippen LogP contribution in [0.15, 0.2) is 60.7 Å². The number of carbonyl (C=O) groups excluding carboxylic acids is 2. The second-order valence-electron chi connectivity index (χ2n) is 7.23. The lowest BCUT2D eigenvalue weighted by atomic mass is 9.96. The lowest BCUT2D eigenvalue weighted by Crippen LogP contribution is -2.50. The highest BCUT2D eigenvalue weighted by molar-refractivity contribution is 5.86. The summed E-state index contributed by atoms with van der Waals surface area (Å²) in [6, 6.07) is 21.3. The maximum Gasteiger partial charge on any atom is 0.226 e. The first-order valence-corrected chi connectivity index (χ1v) is 9.36. The predicted octanol–water partition coefficient (Wildman–Crippen LogP) is 2.76. The number of amides is 1. The van der Waals surface area contributed by atoms with E-state index in [4.69, 9.17) is 0 Å². The van der Waals surface area contributed by atoms with Gasteiger partial charge in [-0.3, -0.25) is 9.69 Å².